The van der Waals surface area contributed by atoms with E-state index in [1.54, 1.807) is 0 Å². The molecule has 0 aromatic heterocycles. The molecule has 2 aliphatic rings. The van der Waals surface area contributed by atoms with E-state index >= 15 is 0 Å². The van der Waals surface area contributed by atoms with Crippen LogP contribution in [0.15, 0.2) is 23.3 Å². The van der Waals surface area contributed by atoms with E-state index in [1.807, 2.05) is 0 Å². The lowest BCUT2D eigenvalue weighted by atomic mass is 9.88. The van der Waals surface area contributed by atoms with Crippen LogP contribution in [0, 0.1) is 5.92 Å². The molecular weight excluding hydrogens is 182 g/mol. The molecule has 0 bridgehead atoms. The molecule has 2 rings (SSSR count). The number of hydrogen-bond acceptors (Lipinski definition) is 1. The van der Waals surface area contributed by atoms with Gasteiger partial charge in [0.05, 0.1) is 5.38 Å². The van der Waals surface area contributed by atoms with Gasteiger partial charge in [-0.15, -0.1) is 11.6 Å². The molecule has 2 atom stereocenters. The number of hydrogen-bond donors (Lipinski definition) is 1. The van der Waals surface area contributed by atoms with Crippen molar-refractivity contribution in [2.45, 2.75) is 25.1 Å². The molecule has 0 aromatic rings. The Bertz CT molecular complexity index is 255. The summed E-state index contributed by atoms with van der Waals surface area (Å²) >= 11 is 6.11. The van der Waals surface area contributed by atoms with E-state index in [1.165, 1.54) is 17.6 Å². The highest BCUT2D eigenvalue weighted by Crippen LogP contribution is 2.30. The summed E-state index contributed by atoms with van der Waals surface area (Å²) in [5, 5.41) is 3.67. The van der Waals surface area contributed by atoms with Crippen LogP contribution in [0.4, 0.5) is 0 Å². The summed E-state index contributed by atoms with van der Waals surface area (Å²) in [7, 11) is 0. The van der Waals surface area contributed by atoms with Crippen LogP contribution in [0.3, 0.4) is 0 Å². The lowest BCUT2D eigenvalue weighted by Gasteiger charge is -2.20. The largest absolute Gasteiger partial charge is 0.316 e. The lowest BCUT2D eigenvalue weighted by Crippen LogP contribution is -2.19. The second kappa shape index (κ2) is 3.85. The number of halogens is 1. The summed E-state index contributed by atoms with van der Waals surface area (Å²) in [5.41, 5.74) is 3.01. The van der Waals surface area contributed by atoms with Crippen LogP contribution < -0.4 is 5.32 Å². The highest BCUT2D eigenvalue weighted by molar-refractivity contribution is 6.22. The predicted molar refractivity (Wildman–Crippen MR) is 57.1 cm³/mol. The normalized spacial score (nSPS) is 34.3. The molecule has 1 N–H and O–H groups in total. The van der Waals surface area contributed by atoms with Crippen molar-refractivity contribution < 1.29 is 0 Å². The third-order valence-electron chi connectivity index (χ3n) is 2.87. The zero-order chi connectivity index (χ0) is 9.26. The van der Waals surface area contributed by atoms with E-state index in [0.29, 0.717) is 5.92 Å². The number of fused-ring (bicyclic) bond motifs is 1. The van der Waals surface area contributed by atoms with E-state index in [-0.39, 0.29) is 5.38 Å². The van der Waals surface area contributed by atoms with Crippen molar-refractivity contribution in [2.24, 2.45) is 5.92 Å². The summed E-state index contributed by atoms with van der Waals surface area (Å²) in [5.74, 6) is 0.621. The molecule has 0 spiro atoms. The van der Waals surface area contributed by atoms with Crippen molar-refractivity contribution in [3.63, 3.8) is 0 Å². The minimum Gasteiger partial charge on any atom is -0.316 e. The minimum atomic E-state index is 0.222. The summed E-state index contributed by atoms with van der Waals surface area (Å²) < 4.78 is 0. The molecule has 2 unspecified atom stereocenters. The van der Waals surface area contributed by atoms with Crippen LogP contribution in [0.25, 0.3) is 0 Å². The van der Waals surface area contributed by atoms with Gasteiger partial charge in [-0.05, 0) is 36.5 Å². The number of nitrogens with one attached hydrogen (secondary N) is 1. The van der Waals surface area contributed by atoms with Crippen molar-refractivity contribution >= 4 is 11.6 Å². The van der Waals surface area contributed by atoms with Crippen LogP contribution >= 0.6 is 11.6 Å². The summed E-state index contributed by atoms with van der Waals surface area (Å²) in [6, 6.07) is 0. The second-order valence-corrected chi connectivity index (χ2v) is 4.52. The van der Waals surface area contributed by atoms with Crippen molar-refractivity contribution in [3.05, 3.63) is 23.3 Å². The smallest absolute Gasteiger partial charge is 0.0556 e. The first-order chi connectivity index (χ1) is 6.27. The zero-order valence-corrected chi connectivity index (χ0v) is 8.77. The second-order valence-electron chi connectivity index (χ2n) is 3.96. The maximum atomic E-state index is 6.11. The van der Waals surface area contributed by atoms with E-state index in [0.717, 1.165) is 19.5 Å². The molecule has 0 saturated carbocycles. The fourth-order valence-corrected chi connectivity index (χ4v) is 2.35. The van der Waals surface area contributed by atoms with Gasteiger partial charge in [0.15, 0.2) is 0 Å². The van der Waals surface area contributed by atoms with Gasteiger partial charge in [0.2, 0.25) is 0 Å². The fraction of sp³-hybridized carbons (Fsp3) is 0.636. The molecule has 0 radical (unpaired) electrons. The van der Waals surface area contributed by atoms with Crippen LogP contribution in [-0.4, -0.2) is 18.5 Å². The van der Waals surface area contributed by atoms with Crippen molar-refractivity contribution in [2.75, 3.05) is 13.1 Å². The molecule has 13 heavy (non-hydrogen) atoms. The Hall–Kier alpha value is -0.270. The van der Waals surface area contributed by atoms with Gasteiger partial charge in [-0.3, -0.25) is 0 Å². The molecule has 0 amide bonds. The van der Waals surface area contributed by atoms with Crippen LogP contribution in [0.1, 0.15) is 19.8 Å². The Kier molecular flexibility index (Phi) is 2.75. The van der Waals surface area contributed by atoms with Gasteiger partial charge < -0.3 is 5.32 Å². The maximum Gasteiger partial charge on any atom is 0.0556 e. The van der Waals surface area contributed by atoms with Gasteiger partial charge in [-0.1, -0.05) is 19.1 Å². The van der Waals surface area contributed by atoms with Crippen LogP contribution in [0.5, 0.6) is 0 Å². The Morgan fingerprint density at radius 1 is 1.54 bits per heavy atom. The average Bonchev–Trinajstić information content (AvgIpc) is 2.29. The van der Waals surface area contributed by atoms with Crippen molar-refractivity contribution in [3.8, 4) is 0 Å². The van der Waals surface area contributed by atoms with Gasteiger partial charge in [0, 0.05) is 6.54 Å². The van der Waals surface area contributed by atoms with Crippen LogP contribution in [-0.2, 0) is 0 Å². The van der Waals surface area contributed by atoms with Crippen molar-refractivity contribution in [1.29, 1.82) is 0 Å². The first kappa shape index (κ1) is 9.29. The molecule has 1 nitrogen and oxygen atoms in total. The Labute approximate surface area is 84.9 Å². The SMILES string of the molecule is CC1CNCCC2=CCC(Cl)C=C21. The topological polar surface area (TPSA) is 12.0 Å². The van der Waals surface area contributed by atoms with Gasteiger partial charge in [-0.2, -0.15) is 0 Å². The molecule has 1 heterocycles. The van der Waals surface area contributed by atoms with Gasteiger partial charge >= 0.3 is 0 Å². The molecule has 1 aliphatic heterocycles. The highest BCUT2D eigenvalue weighted by Gasteiger charge is 2.20. The first-order valence-corrected chi connectivity index (χ1v) is 5.47. The molecule has 1 fully saturated rings. The summed E-state index contributed by atoms with van der Waals surface area (Å²) in [6.45, 7) is 4.47. The minimum absolute atomic E-state index is 0.222. The van der Waals surface area contributed by atoms with Gasteiger partial charge in [-0.25, -0.2) is 0 Å². The lowest BCUT2D eigenvalue weighted by molar-refractivity contribution is 0.609. The average molecular weight is 198 g/mol. The Balaban J connectivity index is 2.25. The number of rotatable bonds is 0. The van der Waals surface area contributed by atoms with E-state index in [2.05, 4.69) is 24.4 Å². The third kappa shape index (κ3) is 1.97. The quantitative estimate of drug-likeness (QED) is 0.589. The molecule has 72 valence electrons. The van der Waals surface area contributed by atoms with E-state index < -0.39 is 0 Å². The monoisotopic (exact) mass is 197 g/mol. The standard InChI is InChI=1S/C11H16ClN/c1-8-7-13-5-4-9-2-3-10(12)6-11(8)9/h2,6,8,10,13H,3-5,7H2,1H3. The molecule has 1 saturated heterocycles. The molecule has 2 heteroatoms. The fourth-order valence-electron chi connectivity index (χ4n) is 2.12. The third-order valence-corrected chi connectivity index (χ3v) is 3.18. The maximum absolute atomic E-state index is 6.11. The van der Waals surface area contributed by atoms with Gasteiger partial charge in [0.25, 0.3) is 0 Å². The van der Waals surface area contributed by atoms with E-state index in [9.17, 15) is 0 Å². The molecule has 0 aromatic carbocycles. The van der Waals surface area contributed by atoms with E-state index in [4.69, 9.17) is 11.6 Å². The number of allylic oxidation sites excluding steroid dienone is 2. The first-order valence-electron chi connectivity index (χ1n) is 5.03. The summed E-state index contributed by atoms with van der Waals surface area (Å²) in [4.78, 5) is 0. The molecular formula is C11H16ClN. The van der Waals surface area contributed by atoms with Crippen molar-refractivity contribution in [1.82, 2.24) is 5.32 Å². The van der Waals surface area contributed by atoms with Crippen LogP contribution in [0.2, 0.25) is 0 Å². The molecule has 1 aliphatic carbocycles. The zero-order valence-electron chi connectivity index (χ0n) is 8.02. The Morgan fingerprint density at radius 2 is 2.38 bits per heavy atom. The summed E-state index contributed by atoms with van der Waals surface area (Å²) in [6.07, 6.45) is 6.73. The highest BCUT2D eigenvalue weighted by atomic mass is 35.5. The Morgan fingerprint density at radius 3 is 3.23 bits per heavy atom. The predicted octanol–water partition coefficient (Wildman–Crippen LogP) is 2.48. The number of alkyl halides is 1. The van der Waals surface area contributed by atoms with Gasteiger partial charge in [0.1, 0.15) is 0 Å².